The van der Waals surface area contributed by atoms with Crippen LogP contribution in [0.4, 0.5) is 5.82 Å². The highest BCUT2D eigenvalue weighted by molar-refractivity contribution is 7.99. The number of nitrogen functional groups attached to an aromatic ring is 1. The minimum absolute atomic E-state index is 0.564. The van der Waals surface area contributed by atoms with Crippen molar-refractivity contribution in [1.29, 1.82) is 0 Å². The molecule has 134 valence electrons. The SMILES string of the molecule is CCCCSCCCCCn1c(CC)nc2c(N)nc(C)c(C)c21. The van der Waals surface area contributed by atoms with Crippen LogP contribution in [0, 0.1) is 13.8 Å². The van der Waals surface area contributed by atoms with Gasteiger partial charge in [-0.1, -0.05) is 26.7 Å². The van der Waals surface area contributed by atoms with Crippen LogP contribution in [0.1, 0.15) is 63.0 Å². The van der Waals surface area contributed by atoms with Gasteiger partial charge in [0.15, 0.2) is 5.82 Å². The smallest absolute Gasteiger partial charge is 0.151 e. The summed E-state index contributed by atoms with van der Waals surface area (Å²) in [5.74, 6) is 4.30. The average molecular weight is 349 g/mol. The summed E-state index contributed by atoms with van der Waals surface area (Å²) in [6.45, 7) is 9.61. The zero-order valence-electron chi connectivity index (χ0n) is 15.7. The summed E-state index contributed by atoms with van der Waals surface area (Å²) in [7, 11) is 0. The predicted molar refractivity (Wildman–Crippen MR) is 107 cm³/mol. The first-order chi connectivity index (χ1) is 11.6. The second kappa shape index (κ2) is 9.30. The monoisotopic (exact) mass is 348 g/mol. The summed E-state index contributed by atoms with van der Waals surface area (Å²) in [4.78, 5) is 9.19. The summed E-state index contributed by atoms with van der Waals surface area (Å²) in [5, 5.41) is 0. The lowest BCUT2D eigenvalue weighted by Gasteiger charge is -2.11. The highest BCUT2D eigenvalue weighted by atomic mass is 32.2. The number of fused-ring (bicyclic) bond motifs is 1. The quantitative estimate of drug-likeness (QED) is 0.621. The molecule has 5 heteroatoms. The molecular formula is C19H32N4S. The van der Waals surface area contributed by atoms with Crippen LogP contribution >= 0.6 is 11.8 Å². The average Bonchev–Trinajstić information content (AvgIpc) is 2.94. The van der Waals surface area contributed by atoms with E-state index >= 15 is 0 Å². The fraction of sp³-hybridized carbons (Fsp3) is 0.684. The molecule has 2 rings (SSSR count). The van der Waals surface area contributed by atoms with E-state index in [2.05, 4.69) is 42.1 Å². The number of rotatable bonds is 10. The topological polar surface area (TPSA) is 56.7 Å². The molecule has 0 aliphatic rings. The normalized spacial score (nSPS) is 11.5. The Labute approximate surface area is 150 Å². The Balaban J connectivity index is 2.00. The molecule has 2 aromatic heterocycles. The van der Waals surface area contributed by atoms with Gasteiger partial charge in [0.05, 0.1) is 5.52 Å². The van der Waals surface area contributed by atoms with Gasteiger partial charge in [0.1, 0.15) is 11.3 Å². The Morgan fingerprint density at radius 2 is 1.75 bits per heavy atom. The number of anilines is 1. The van der Waals surface area contributed by atoms with Gasteiger partial charge in [-0.2, -0.15) is 11.8 Å². The molecule has 0 atom stereocenters. The van der Waals surface area contributed by atoms with Crippen LogP contribution in [0.3, 0.4) is 0 Å². The second-order valence-corrected chi connectivity index (χ2v) is 7.69. The van der Waals surface area contributed by atoms with Gasteiger partial charge in [-0.15, -0.1) is 0 Å². The maximum atomic E-state index is 6.11. The third kappa shape index (κ3) is 4.44. The number of nitrogens with two attached hydrogens (primary N) is 1. The minimum Gasteiger partial charge on any atom is -0.382 e. The van der Waals surface area contributed by atoms with Crippen molar-refractivity contribution in [3.8, 4) is 0 Å². The number of hydrogen-bond donors (Lipinski definition) is 1. The largest absolute Gasteiger partial charge is 0.382 e. The van der Waals surface area contributed by atoms with Gasteiger partial charge >= 0.3 is 0 Å². The number of hydrogen-bond acceptors (Lipinski definition) is 4. The van der Waals surface area contributed by atoms with Crippen LogP contribution in [0.25, 0.3) is 11.0 Å². The Morgan fingerprint density at radius 3 is 2.46 bits per heavy atom. The maximum absolute atomic E-state index is 6.11. The highest BCUT2D eigenvalue weighted by Crippen LogP contribution is 2.26. The molecule has 0 radical (unpaired) electrons. The first-order valence-electron chi connectivity index (χ1n) is 9.29. The summed E-state index contributed by atoms with van der Waals surface area (Å²) in [6, 6.07) is 0. The van der Waals surface area contributed by atoms with Crippen LogP contribution in [0.5, 0.6) is 0 Å². The van der Waals surface area contributed by atoms with Crippen molar-refractivity contribution in [3.05, 3.63) is 17.1 Å². The van der Waals surface area contributed by atoms with Gasteiger partial charge in [-0.25, -0.2) is 9.97 Å². The number of pyridine rings is 1. The second-order valence-electron chi connectivity index (χ2n) is 6.46. The van der Waals surface area contributed by atoms with E-state index in [-0.39, 0.29) is 0 Å². The Morgan fingerprint density at radius 1 is 1.00 bits per heavy atom. The first kappa shape index (κ1) is 19.1. The lowest BCUT2D eigenvalue weighted by atomic mass is 10.2. The van der Waals surface area contributed by atoms with Gasteiger partial charge < -0.3 is 10.3 Å². The summed E-state index contributed by atoms with van der Waals surface area (Å²) in [5.41, 5.74) is 10.4. The summed E-state index contributed by atoms with van der Waals surface area (Å²) < 4.78 is 2.37. The van der Waals surface area contributed by atoms with Crippen molar-refractivity contribution in [3.63, 3.8) is 0 Å². The number of imidazole rings is 1. The van der Waals surface area contributed by atoms with Crippen LogP contribution < -0.4 is 5.73 Å². The minimum atomic E-state index is 0.564. The number of aryl methyl sites for hydroxylation is 4. The van der Waals surface area contributed by atoms with E-state index < -0.39 is 0 Å². The van der Waals surface area contributed by atoms with Crippen LogP contribution in [0.2, 0.25) is 0 Å². The van der Waals surface area contributed by atoms with Crippen LogP contribution in [0.15, 0.2) is 0 Å². The molecule has 0 aliphatic heterocycles. The van der Waals surface area contributed by atoms with E-state index in [1.807, 2.05) is 6.92 Å². The molecular weight excluding hydrogens is 316 g/mol. The van der Waals surface area contributed by atoms with Crippen LogP contribution in [-0.2, 0) is 13.0 Å². The molecule has 24 heavy (non-hydrogen) atoms. The molecule has 0 unspecified atom stereocenters. The van der Waals surface area contributed by atoms with Gasteiger partial charge in [-0.05, 0) is 50.2 Å². The molecule has 0 aromatic carbocycles. The number of unbranched alkanes of at least 4 members (excludes halogenated alkanes) is 3. The molecule has 0 spiro atoms. The van der Waals surface area contributed by atoms with Crippen molar-refractivity contribution in [1.82, 2.24) is 14.5 Å². The molecule has 2 heterocycles. The molecule has 0 aliphatic carbocycles. The number of thioether (sulfide) groups is 1. The summed E-state index contributed by atoms with van der Waals surface area (Å²) in [6.07, 6.45) is 7.37. The zero-order chi connectivity index (χ0) is 17.5. The van der Waals surface area contributed by atoms with Crippen molar-refractivity contribution in [2.75, 3.05) is 17.2 Å². The molecule has 2 aromatic rings. The van der Waals surface area contributed by atoms with Gasteiger partial charge in [0, 0.05) is 18.7 Å². The molecule has 0 saturated heterocycles. The van der Waals surface area contributed by atoms with E-state index in [0.717, 1.165) is 30.0 Å². The molecule has 0 saturated carbocycles. The summed E-state index contributed by atoms with van der Waals surface area (Å²) >= 11 is 2.10. The van der Waals surface area contributed by atoms with E-state index in [4.69, 9.17) is 10.7 Å². The number of aromatic nitrogens is 3. The van der Waals surface area contributed by atoms with Gasteiger partial charge in [-0.3, -0.25) is 0 Å². The highest BCUT2D eigenvalue weighted by Gasteiger charge is 2.16. The maximum Gasteiger partial charge on any atom is 0.151 e. The molecule has 4 nitrogen and oxygen atoms in total. The van der Waals surface area contributed by atoms with E-state index in [0.29, 0.717) is 5.82 Å². The fourth-order valence-electron chi connectivity index (χ4n) is 3.06. The van der Waals surface area contributed by atoms with E-state index in [9.17, 15) is 0 Å². The molecule has 0 fully saturated rings. The lowest BCUT2D eigenvalue weighted by Crippen LogP contribution is -2.05. The molecule has 0 amide bonds. The first-order valence-corrected chi connectivity index (χ1v) is 10.4. The molecule has 0 bridgehead atoms. The standard InChI is InChI=1S/C19H32N4S/c1-5-7-12-24-13-10-8-9-11-23-16(6-2)22-17-18(23)14(3)15(4)21-19(17)20/h5-13H2,1-4H3,(H2,20,21). The van der Waals surface area contributed by atoms with Crippen molar-refractivity contribution in [2.24, 2.45) is 0 Å². The third-order valence-corrected chi connectivity index (χ3v) is 5.76. The predicted octanol–water partition coefficient (Wildman–Crippen LogP) is 4.90. The zero-order valence-corrected chi connectivity index (χ0v) is 16.5. The Kier molecular flexibility index (Phi) is 7.40. The van der Waals surface area contributed by atoms with Crippen LogP contribution in [-0.4, -0.2) is 26.0 Å². The van der Waals surface area contributed by atoms with E-state index in [1.165, 1.54) is 54.7 Å². The number of nitrogens with zero attached hydrogens (tertiary/aromatic N) is 3. The van der Waals surface area contributed by atoms with Crippen molar-refractivity contribution >= 4 is 28.6 Å². The van der Waals surface area contributed by atoms with Gasteiger partial charge in [0.2, 0.25) is 0 Å². The van der Waals surface area contributed by atoms with Crippen molar-refractivity contribution < 1.29 is 0 Å². The Hall–Kier alpha value is -1.23. The molecule has 2 N–H and O–H groups in total. The van der Waals surface area contributed by atoms with Gasteiger partial charge in [0.25, 0.3) is 0 Å². The third-order valence-electron chi connectivity index (χ3n) is 4.60. The Bertz CT molecular complexity index is 663. The lowest BCUT2D eigenvalue weighted by molar-refractivity contribution is 0.595. The fourth-order valence-corrected chi connectivity index (χ4v) is 4.16. The van der Waals surface area contributed by atoms with Crippen molar-refractivity contribution in [2.45, 2.75) is 72.8 Å². The van der Waals surface area contributed by atoms with E-state index in [1.54, 1.807) is 0 Å².